The van der Waals surface area contributed by atoms with E-state index in [1.807, 2.05) is 18.0 Å². The molecule has 3 rings (SSSR count). The molecule has 2 aromatic rings. The number of nitrogens with one attached hydrogen (secondary N) is 1. The number of ether oxygens (including phenoxy) is 2. The first-order valence-electron chi connectivity index (χ1n) is 9.79. The summed E-state index contributed by atoms with van der Waals surface area (Å²) in [5.74, 6) is 0.921. The fourth-order valence-electron chi connectivity index (χ4n) is 3.23. The molecule has 158 valence electrons. The van der Waals surface area contributed by atoms with Crippen LogP contribution in [0.1, 0.15) is 15.9 Å². The second kappa shape index (κ2) is 9.93. The molecule has 1 aliphatic heterocycles. The number of carbonyl (C=O) groups excluding carboxylic acids is 2. The van der Waals surface area contributed by atoms with Gasteiger partial charge in [0, 0.05) is 43.5 Å². The van der Waals surface area contributed by atoms with Crippen LogP contribution >= 0.6 is 0 Å². The lowest BCUT2D eigenvalue weighted by atomic mass is 10.1. The standard InChI is InChI=1S/C23H27N3O4/c1-25-11-13-26(14-12-25)23(28)18-5-4-6-19(16-18)24-22(27)10-8-17-7-9-20(29-2)21(15-17)30-3/h4-10,15-16H,11-14H2,1-3H3,(H,24,27)/b10-8+. The molecule has 1 saturated heterocycles. The van der Waals surface area contributed by atoms with Crippen LogP contribution in [0.5, 0.6) is 11.5 Å². The molecular formula is C23H27N3O4. The molecule has 0 radical (unpaired) electrons. The molecule has 0 aromatic heterocycles. The predicted molar refractivity (Wildman–Crippen MR) is 117 cm³/mol. The van der Waals surface area contributed by atoms with Gasteiger partial charge in [-0.25, -0.2) is 0 Å². The summed E-state index contributed by atoms with van der Waals surface area (Å²) in [5, 5.41) is 2.81. The topological polar surface area (TPSA) is 71.1 Å². The molecule has 7 nitrogen and oxygen atoms in total. The zero-order valence-electron chi connectivity index (χ0n) is 17.6. The Hall–Kier alpha value is -3.32. The summed E-state index contributed by atoms with van der Waals surface area (Å²) in [6, 6.07) is 12.4. The molecule has 0 spiro atoms. The van der Waals surface area contributed by atoms with Crippen LogP contribution in [-0.2, 0) is 4.79 Å². The summed E-state index contributed by atoms with van der Waals surface area (Å²) in [6.07, 6.45) is 3.13. The van der Waals surface area contributed by atoms with Crippen molar-refractivity contribution in [2.24, 2.45) is 0 Å². The molecular weight excluding hydrogens is 382 g/mol. The molecule has 2 amide bonds. The lowest BCUT2D eigenvalue weighted by Crippen LogP contribution is -2.47. The van der Waals surface area contributed by atoms with Gasteiger partial charge in [-0.3, -0.25) is 9.59 Å². The average molecular weight is 409 g/mol. The van der Waals surface area contributed by atoms with Gasteiger partial charge in [-0.1, -0.05) is 12.1 Å². The largest absolute Gasteiger partial charge is 0.493 e. The third-order valence-corrected chi connectivity index (χ3v) is 5.00. The van der Waals surface area contributed by atoms with Gasteiger partial charge >= 0.3 is 0 Å². The summed E-state index contributed by atoms with van der Waals surface area (Å²) in [4.78, 5) is 29.1. The van der Waals surface area contributed by atoms with Crippen molar-refractivity contribution in [3.05, 3.63) is 59.7 Å². The molecule has 30 heavy (non-hydrogen) atoms. The quantitative estimate of drug-likeness (QED) is 0.743. The molecule has 0 bridgehead atoms. The molecule has 1 fully saturated rings. The van der Waals surface area contributed by atoms with Gasteiger partial charge in [0.15, 0.2) is 11.5 Å². The predicted octanol–water partition coefficient (Wildman–Crippen LogP) is 2.74. The molecule has 0 aliphatic carbocycles. The molecule has 1 aliphatic rings. The summed E-state index contributed by atoms with van der Waals surface area (Å²) in [6.45, 7) is 3.15. The summed E-state index contributed by atoms with van der Waals surface area (Å²) in [5.41, 5.74) is 1.96. The van der Waals surface area contributed by atoms with E-state index < -0.39 is 0 Å². The minimum atomic E-state index is -0.283. The molecule has 2 aromatic carbocycles. The van der Waals surface area contributed by atoms with Crippen molar-refractivity contribution in [1.29, 1.82) is 0 Å². The molecule has 1 N–H and O–H groups in total. The first-order chi connectivity index (χ1) is 14.5. The van der Waals surface area contributed by atoms with Crippen LogP contribution < -0.4 is 14.8 Å². The highest BCUT2D eigenvalue weighted by Gasteiger charge is 2.20. The van der Waals surface area contributed by atoms with Crippen LogP contribution in [0.25, 0.3) is 6.08 Å². The van der Waals surface area contributed by atoms with Crippen molar-refractivity contribution in [3.8, 4) is 11.5 Å². The Morgan fingerprint density at radius 2 is 1.70 bits per heavy atom. The third-order valence-electron chi connectivity index (χ3n) is 5.00. The van der Waals surface area contributed by atoms with E-state index in [0.29, 0.717) is 35.8 Å². The van der Waals surface area contributed by atoms with Crippen molar-refractivity contribution in [1.82, 2.24) is 9.80 Å². The number of piperazine rings is 1. The summed E-state index contributed by atoms with van der Waals surface area (Å²) < 4.78 is 10.5. The van der Waals surface area contributed by atoms with Crippen molar-refractivity contribution in [2.75, 3.05) is 52.8 Å². The average Bonchev–Trinajstić information content (AvgIpc) is 2.77. The smallest absolute Gasteiger partial charge is 0.254 e. The number of nitrogens with zero attached hydrogens (tertiary/aromatic N) is 2. The van der Waals surface area contributed by atoms with Gasteiger partial charge in [0.2, 0.25) is 5.91 Å². The Bertz CT molecular complexity index is 934. The van der Waals surface area contributed by atoms with Gasteiger partial charge in [-0.15, -0.1) is 0 Å². The van der Waals surface area contributed by atoms with Crippen molar-refractivity contribution < 1.29 is 19.1 Å². The molecule has 0 saturated carbocycles. The van der Waals surface area contributed by atoms with Crippen LogP contribution in [0.4, 0.5) is 5.69 Å². The van der Waals surface area contributed by atoms with Crippen LogP contribution in [0, 0.1) is 0 Å². The number of carbonyl (C=O) groups is 2. The van der Waals surface area contributed by atoms with Crippen LogP contribution in [0.15, 0.2) is 48.5 Å². The second-order valence-electron chi connectivity index (χ2n) is 7.11. The Labute approximate surface area is 176 Å². The number of likely N-dealkylation sites (N-methyl/N-ethyl adjacent to an activating group) is 1. The van der Waals surface area contributed by atoms with Crippen LogP contribution in [-0.4, -0.2) is 69.1 Å². The zero-order valence-corrected chi connectivity index (χ0v) is 17.6. The SMILES string of the molecule is COc1ccc(/C=C/C(=O)Nc2cccc(C(=O)N3CCN(C)CC3)c2)cc1OC. The Balaban J connectivity index is 1.63. The number of anilines is 1. The van der Waals surface area contributed by atoms with E-state index in [-0.39, 0.29) is 11.8 Å². The lowest BCUT2D eigenvalue weighted by Gasteiger charge is -2.32. The maximum absolute atomic E-state index is 12.7. The summed E-state index contributed by atoms with van der Waals surface area (Å²) in [7, 11) is 5.19. The normalized spacial score (nSPS) is 14.6. The van der Waals surface area contributed by atoms with E-state index in [0.717, 1.165) is 18.7 Å². The fourth-order valence-corrected chi connectivity index (χ4v) is 3.23. The number of hydrogen-bond acceptors (Lipinski definition) is 5. The minimum absolute atomic E-state index is 0.0138. The van der Waals surface area contributed by atoms with E-state index in [1.165, 1.54) is 6.08 Å². The molecule has 1 heterocycles. The number of amides is 2. The molecule has 7 heteroatoms. The van der Waals surface area contributed by atoms with Crippen molar-refractivity contribution in [2.45, 2.75) is 0 Å². The van der Waals surface area contributed by atoms with Gasteiger partial charge in [0.05, 0.1) is 14.2 Å². The highest BCUT2D eigenvalue weighted by atomic mass is 16.5. The van der Waals surface area contributed by atoms with E-state index >= 15 is 0 Å². The first-order valence-corrected chi connectivity index (χ1v) is 9.79. The summed E-state index contributed by atoms with van der Waals surface area (Å²) >= 11 is 0. The fraction of sp³-hybridized carbons (Fsp3) is 0.304. The van der Waals surface area contributed by atoms with E-state index in [9.17, 15) is 9.59 Å². The van der Waals surface area contributed by atoms with Gasteiger partial charge in [0.25, 0.3) is 5.91 Å². The highest BCUT2D eigenvalue weighted by Crippen LogP contribution is 2.28. The van der Waals surface area contributed by atoms with E-state index in [1.54, 1.807) is 56.7 Å². The van der Waals surface area contributed by atoms with Crippen molar-refractivity contribution >= 4 is 23.6 Å². The Morgan fingerprint density at radius 1 is 0.967 bits per heavy atom. The Kier molecular flexibility index (Phi) is 7.08. The van der Waals surface area contributed by atoms with E-state index in [2.05, 4.69) is 10.2 Å². The van der Waals surface area contributed by atoms with Crippen molar-refractivity contribution in [3.63, 3.8) is 0 Å². The number of methoxy groups -OCH3 is 2. The monoisotopic (exact) mass is 409 g/mol. The second-order valence-corrected chi connectivity index (χ2v) is 7.11. The molecule has 0 atom stereocenters. The zero-order chi connectivity index (χ0) is 21.5. The third kappa shape index (κ3) is 5.39. The molecule has 0 unspecified atom stereocenters. The highest BCUT2D eigenvalue weighted by molar-refractivity contribution is 6.03. The number of hydrogen-bond donors (Lipinski definition) is 1. The number of benzene rings is 2. The number of rotatable bonds is 6. The van der Waals surface area contributed by atoms with Gasteiger partial charge < -0.3 is 24.6 Å². The van der Waals surface area contributed by atoms with Crippen LogP contribution in [0.2, 0.25) is 0 Å². The lowest BCUT2D eigenvalue weighted by molar-refractivity contribution is -0.111. The van der Waals surface area contributed by atoms with Gasteiger partial charge in [-0.2, -0.15) is 0 Å². The van der Waals surface area contributed by atoms with Crippen LogP contribution in [0.3, 0.4) is 0 Å². The first kappa shape index (κ1) is 21.4. The maximum atomic E-state index is 12.7. The minimum Gasteiger partial charge on any atom is -0.493 e. The Morgan fingerprint density at radius 3 is 2.40 bits per heavy atom. The van der Waals surface area contributed by atoms with E-state index in [4.69, 9.17) is 9.47 Å². The maximum Gasteiger partial charge on any atom is 0.254 e. The van der Waals surface area contributed by atoms with Gasteiger partial charge in [0.1, 0.15) is 0 Å². The van der Waals surface area contributed by atoms with Gasteiger partial charge in [-0.05, 0) is 49.0 Å².